The molecule has 1 aliphatic rings. The summed E-state index contributed by atoms with van der Waals surface area (Å²) in [4.78, 5) is 28.9. The molecule has 31 heavy (non-hydrogen) atoms. The van der Waals surface area contributed by atoms with Crippen molar-refractivity contribution in [3.05, 3.63) is 80.4 Å². The number of nitrogens with zero attached hydrogens (tertiary/aromatic N) is 1. The third-order valence-corrected chi connectivity index (χ3v) is 6.94. The van der Waals surface area contributed by atoms with Gasteiger partial charge in [0, 0.05) is 21.7 Å². The molecule has 0 saturated carbocycles. The van der Waals surface area contributed by atoms with E-state index < -0.39 is 0 Å². The number of nitrogens with one attached hydrogen (secondary N) is 1. The van der Waals surface area contributed by atoms with E-state index in [0.29, 0.717) is 27.2 Å². The van der Waals surface area contributed by atoms with Crippen LogP contribution in [0.15, 0.2) is 67.3 Å². The minimum absolute atomic E-state index is 0.0200. The first-order valence-corrected chi connectivity index (χ1v) is 11.2. The topological polar surface area (TPSA) is 71.7 Å². The second-order valence-corrected chi connectivity index (χ2v) is 9.03. The Morgan fingerprint density at radius 1 is 1.10 bits per heavy atom. The molecule has 0 bridgehead atoms. The van der Waals surface area contributed by atoms with Gasteiger partial charge in [-0.25, -0.2) is 4.99 Å². The monoisotopic (exact) mass is 494 g/mol. The molecule has 0 aliphatic carbocycles. The van der Waals surface area contributed by atoms with Gasteiger partial charge in [0.15, 0.2) is 11.0 Å². The number of hydrogen-bond acceptors (Lipinski definition) is 5. The van der Waals surface area contributed by atoms with Crippen LogP contribution in [0.5, 0.6) is 0 Å². The summed E-state index contributed by atoms with van der Waals surface area (Å²) in [6, 6.07) is 14.8. The van der Waals surface area contributed by atoms with Crippen LogP contribution < -0.4 is 5.32 Å². The Kier molecular flexibility index (Phi) is 5.98. The zero-order chi connectivity index (χ0) is 22.1. The van der Waals surface area contributed by atoms with Crippen LogP contribution in [0.25, 0.3) is 17.4 Å². The van der Waals surface area contributed by atoms with Crippen molar-refractivity contribution in [1.82, 2.24) is 5.32 Å². The van der Waals surface area contributed by atoms with Crippen molar-refractivity contribution < 1.29 is 14.0 Å². The van der Waals surface area contributed by atoms with Gasteiger partial charge < -0.3 is 9.73 Å². The lowest BCUT2D eigenvalue weighted by molar-refractivity contribution is -0.115. The second-order valence-electron chi connectivity index (χ2n) is 7.21. The SMILES string of the molecule is CC(=O)c1ccc(-c2ccc(/C=C3\SC(=Nc4cc(C)c(Br)c(C)c4)NC3=O)o2)cc1. The van der Waals surface area contributed by atoms with E-state index in [1.54, 1.807) is 18.2 Å². The van der Waals surface area contributed by atoms with E-state index in [-0.39, 0.29) is 11.7 Å². The van der Waals surface area contributed by atoms with Gasteiger partial charge in [0.1, 0.15) is 11.5 Å². The maximum Gasteiger partial charge on any atom is 0.264 e. The number of furan rings is 1. The van der Waals surface area contributed by atoms with E-state index in [9.17, 15) is 9.59 Å². The number of thioether (sulfide) groups is 1. The second kappa shape index (κ2) is 8.69. The fourth-order valence-corrected chi connectivity index (χ4v) is 4.22. The fraction of sp³-hybridized carbons (Fsp3) is 0.125. The third-order valence-electron chi connectivity index (χ3n) is 4.78. The van der Waals surface area contributed by atoms with Crippen molar-refractivity contribution in [3.8, 4) is 11.3 Å². The van der Waals surface area contributed by atoms with Crippen molar-refractivity contribution in [3.63, 3.8) is 0 Å². The average molecular weight is 495 g/mol. The molecule has 0 spiro atoms. The maximum absolute atomic E-state index is 12.4. The molecule has 5 nitrogen and oxygen atoms in total. The molecule has 1 fully saturated rings. The fourth-order valence-electron chi connectivity index (χ4n) is 3.17. The van der Waals surface area contributed by atoms with E-state index in [0.717, 1.165) is 26.9 Å². The highest BCUT2D eigenvalue weighted by molar-refractivity contribution is 9.10. The van der Waals surface area contributed by atoms with Crippen LogP contribution in [0.1, 0.15) is 34.2 Å². The molecule has 1 amide bonds. The Hall–Kier alpha value is -2.90. The Morgan fingerprint density at radius 3 is 2.42 bits per heavy atom. The molecule has 3 aromatic rings. The summed E-state index contributed by atoms with van der Waals surface area (Å²) in [6.07, 6.45) is 1.70. The number of amides is 1. The van der Waals surface area contributed by atoms with Gasteiger partial charge in [-0.2, -0.15) is 0 Å². The van der Waals surface area contributed by atoms with Crippen LogP contribution in [-0.4, -0.2) is 16.9 Å². The van der Waals surface area contributed by atoms with E-state index in [4.69, 9.17) is 4.42 Å². The number of benzene rings is 2. The quantitative estimate of drug-likeness (QED) is 0.335. The molecule has 2 heterocycles. The molecule has 4 rings (SSSR count). The molecule has 156 valence electrons. The molecule has 0 radical (unpaired) electrons. The summed E-state index contributed by atoms with van der Waals surface area (Å²) in [5, 5.41) is 3.33. The number of rotatable bonds is 4. The number of aliphatic imine (C=N–C) groups is 1. The number of carbonyl (C=O) groups excluding carboxylic acids is 2. The number of carbonyl (C=O) groups is 2. The largest absolute Gasteiger partial charge is 0.457 e. The molecule has 7 heteroatoms. The summed E-state index contributed by atoms with van der Waals surface area (Å²) in [5.41, 5.74) is 4.48. The number of halogens is 1. The van der Waals surface area contributed by atoms with E-state index in [1.165, 1.54) is 18.7 Å². The number of amidine groups is 1. The number of ketones is 1. The molecule has 1 aliphatic heterocycles. The van der Waals surface area contributed by atoms with Crippen molar-refractivity contribution >= 4 is 56.3 Å². The van der Waals surface area contributed by atoms with Crippen molar-refractivity contribution in [2.75, 3.05) is 0 Å². The molecule has 2 aromatic carbocycles. The van der Waals surface area contributed by atoms with Gasteiger partial charge in [-0.05, 0) is 67.9 Å². The van der Waals surface area contributed by atoms with E-state index >= 15 is 0 Å². The first-order valence-electron chi connectivity index (χ1n) is 9.58. The van der Waals surface area contributed by atoms with Gasteiger partial charge in [0.05, 0.1) is 10.6 Å². The van der Waals surface area contributed by atoms with Crippen molar-refractivity contribution in [1.29, 1.82) is 0 Å². The minimum atomic E-state index is -0.210. The summed E-state index contributed by atoms with van der Waals surface area (Å²) in [7, 11) is 0. The minimum Gasteiger partial charge on any atom is -0.457 e. The summed E-state index contributed by atoms with van der Waals surface area (Å²) in [5.74, 6) is 1.05. The van der Waals surface area contributed by atoms with Gasteiger partial charge in [-0.15, -0.1) is 0 Å². The van der Waals surface area contributed by atoms with Crippen LogP contribution in [0.3, 0.4) is 0 Å². The first-order chi connectivity index (χ1) is 14.8. The van der Waals surface area contributed by atoms with E-state index in [2.05, 4.69) is 26.2 Å². The highest BCUT2D eigenvalue weighted by Gasteiger charge is 2.24. The zero-order valence-corrected chi connectivity index (χ0v) is 19.6. The number of Topliss-reactive ketones (excluding diaryl/α,β-unsaturated/α-hetero) is 1. The van der Waals surface area contributed by atoms with Crippen LogP contribution in [-0.2, 0) is 4.79 Å². The van der Waals surface area contributed by atoms with Gasteiger partial charge in [-0.3, -0.25) is 9.59 Å². The first kappa shape index (κ1) is 21.3. The lowest BCUT2D eigenvalue weighted by Gasteiger charge is -2.04. The van der Waals surface area contributed by atoms with Crippen LogP contribution in [0.4, 0.5) is 5.69 Å². The summed E-state index contributed by atoms with van der Waals surface area (Å²) >= 11 is 4.83. The average Bonchev–Trinajstić information content (AvgIpc) is 3.33. The smallest absolute Gasteiger partial charge is 0.264 e. The highest BCUT2D eigenvalue weighted by Crippen LogP contribution is 2.32. The van der Waals surface area contributed by atoms with Crippen LogP contribution in [0, 0.1) is 13.8 Å². The van der Waals surface area contributed by atoms with Gasteiger partial charge >= 0.3 is 0 Å². The summed E-state index contributed by atoms with van der Waals surface area (Å²) < 4.78 is 6.94. The third kappa shape index (κ3) is 4.73. The normalized spacial score (nSPS) is 16.2. The lowest BCUT2D eigenvalue weighted by atomic mass is 10.1. The molecule has 0 unspecified atom stereocenters. The maximum atomic E-state index is 12.4. The molecule has 1 N–H and O–H groups in total. The number of hydrogen-bond donors (Lipinski definition) is 1. The molecular formula is C24H19BrN2O3S. The van der Waals surface area contributed by atoms with Crippen molar-refractivity contribution in [2.24, 2.45) is 4.99 Å². The molecule has 0 atom stereocenters. The van der Waals surface area contributed by atoms with Crippen molar-refractivity contribution in [2.45, 2.75) is 20.8 Å². The predicted molar refractivity (Wildman–Crippen MR) is 129 cm³/mol. The van der Waals surface area contributed by atoms with E-state index in [1.807, 2.05) is 50.2 Å². The summed E-state index contributed by atoms with van der Waals surface area (Å²) in [6.45, 7) is 5.55. The Bertz CT molecular complexity index is 1230. The zero-order valence-electron chi connectivity index (χ0n) is 17.2. The Balaban J connectivity index is 1.53. The van der Waals surface area contributed by atoms with Gasteiger partial charge in [-0.1, -0.05) is 40.2 Å². The predicted octanol–water partition coefficient (Wildman–Crippen LogP) is 6.42. The molecule has 1 saturated heterocycles. The highest BCUT2D eigenvalue weighted by atomic mass is 79.9. The molecule has 1 aromatic heterocycles. The van der Waals surface area contributed by atoms with Gasteiger partial charge in [0.25, 0.3) is 5.91 Å². The Labute approximate surface area is 192 Å². The van der Waals surface area contributed by atoms with Crippen LogP contribution in [0.2, 0.25) is 0 Å². The number of aryl methyl sites for hydroxylation is 2. The van der Waals surface area contributed by atoms with Gasteiger partial charge in [0.2, 0.25) is 0 Å². The lowest BCUT2D eigenvalue weighted by Crippen LogP contribution is -2.19. The standard InChI is InChI=1S/C24H19BrN2O3S/c1-13-10-18(11-14(2)22(13)25)26-24-27-23(29)21(31-24)12-19-8-9-20(30-19)17-6-4-16(5-7-17)15(3)28/h4-12H,1-3H3,(H,26,27,29)/b21-12-. The molecular weight excluding hydrogens is 476 g/mol. The van der Waals surface area contributed by atoms with Crippen LogP contribution >= 0.6 is 27.7 Å². The Morgan fingerprint density at radius 2 is 1.77 bits per heavy atom.